The molecule has 5 nitrogen and oxygen atoms in total. The summed E-state index contributed by atoms with van der Waals surface area (Å²) in [7, 11) is 1.31. The van der Waals surface area contributed by atoms with Crippen molar-refractivity contribution < 1.29 is 18.7 Å². The van der Waals surface area contributed by atoms with Gasteiger partial charge in [0.25, 0.3) is 0 Å². The monoisotopic (exact) mass is 414 g/mol. The Bertz CT molecular complexity index is 1070. The van der Waals surface area contributed by atoms with Crippen LogP contribution < -0.4 is 10.2 Å². The first kappa shape index (κ1) is 21.2. The molecular formula is C23H26O5S. The van der Waals surface area contributed by atoms with Crippen molar-refractivity contribution in [2.24, 2.45) is 0 Å². The molecule has 0 aliphatic rings. The van der Waals surface area contributed by atoms with Crippen molar-refractivity contribution in [1.29, 1.82) is 0 Å². The fourth-order valence-corrected chi connectivity index (χ4v) is 3.85. The first-order chi connectivity index (χ1) is 14.1. The largest absolute Gasteiger partial charge is 0.494 e. The number of carbonyl (C=O) groups is 1. The number of methoxy groups -OCH3 is 1. The molecule has 0 atom stereocenters. The van der Waals surface area contributed by atoms with Crippen LogP contribution in [-0.2, 0) is 4.74 Å². The highest BCUT2D eigenvalue weighted by atomic mass is 32.2. The smallest absolute Gasteiger partial charge is 0.337 e. The maximum absolute atomic E-state index is 13.1. The zero-order valence-electron chi connectivity index (χ0n) is 17.1. The molecule has 0 unspecified atom stereocenters. The average molecular weight is 415 g/mol. The van der Waals surface area contributed by atoms with E-state index >= 15 is 0 Å². The molecule has 3 rings (SSSR count). The third-order valence-electron chi connectivity index (χ3n) is 4.87. The molecule has 0 aliphatic heterocycles. The highest BCUT2D eigenvalue weighted by Gasteiger charge is 2.15. The number of hydrogen-bond donors (Lipinski definition) is 0. The maximum atomic E-state index is 13.1. The molecule has 154 valence electrons. The third-order valence-corrected chi connectivity index (χ3v) is 5.61. The molecule has 1 aromatic heterocycles. The molecule has 0 radical (unpaired) electrons. The van der Waals surface area contributed by atoms with E-state index in [2.05, 4.69) is 6.92 Å². The molecular weight excluding hydrogens is 388 g/mol. The van der Waals surface area contributed by atoms with Crippen LogP contribution in [0.2, 0.25) is 0 Å². The van der Waals surface area contributed by atoms with Gasteiger partial charge in [-0.15, -0.1) is 11.8 Å². The minimum absolute atomic E-state index is 0.185. The molecule has 0 N–H and O–H groups in total. The summed E-state index contributed by atoms with van der Waals surface area (Å²) in [4.78, 5) is 25.8. The Kier molecular flexibility index (Phi) is 7.20. The molecule has 29 heavy (non-hydrogen) atoms. The SMILES string of the molecule is CCCCCCCOc1cc(SC)c2oc3ccc(C(=O)OC)cc3c(=O)c2c1. The van der Waals surface area contributed by atoms with Crippen LogP contribution in [0.3, 0.4) is 0 Å². The van der Waals surface area contributed by atoms with Crippen LogP contribution in [0.25, 0.3) is 21.9 Å². The van der Waals surface area contributed by atoms with E-state index in [1.807, 2.05) is 12.3 Å². The van der Waals surface area contributed by atoms with Crippen LogP contribution in [0.4, 0.5) is 0 Å². The number of ether oxygens (including phenoxy) is 2. The van der Waals surface area contributed by atoms with Gasteiger partial charge in [-0.2, -0.15) is 0 Å². The highest BCUT2D eigenvalue weighted by Crippen LogP contribution is 2.32. The lowest BCUT2D eigenvalue weighted by molar-refractivity contribution is 0.0601. The van der Waals surface area contributed by atoms with Crippen molar-refractivity contribution in [3.63, 3.8) is 0 Å². The number of rotatable bonds is 9. The maximum Gasteiger partial charge on any atom is 0.337 e. The standard InChI is InChI=1S/C23H26O5S/c1-4-5-6-7-8-11-27-16-13-18-21(24)17-12-15(23(25)26-2)9-10-19(17)28-22(18)20(14-16)29-3/h9-10,12-14H,4-8,11H2,1-3H3. The number of benzene rings is 2. The Balaban J connectivity index is 1.97. The van der Waals surface area contributed by atoms with Crippen LogP contribution in [0.15, 0.2) is 44.4 Å². The van der Waals surface area contributed by atoms with E-state index in [9.17, 15) is 9.59 Å². The molecule has 0 amide bonds. The normalized spacial score (nSPS) is 11.1. The van der Waals surface area contributed by atoms with Gasteiger partial charge in [0, 0.05) is 0 Å². The van der Waals surface area contributed by atoms with Gasteiger partial charge in [0.15, 0.2) is 5.58 Å². The quantitative estimate of drug-likeness (QED) is 0.191. The first-order valence-corrected chi connectivity index (χ1v) is 11.1. The van der Waals surface area contributed by atoms with Crippen molar-refractivity contribution in [1.82, 2.24) is 0 Å². The molecule has 6 heteroatoms. The van der Waals surface area contributed by atoms with Gasteiger partial charge in [-0.3, -0.25) is 4.79 Å². The van der Waals surface area contributed by atoms with E-state index in [1.165, 1.54) is 44.2 Å². The second-order valence-corrected chi connectivity index (χ2v) is 7.75. The van der Waals surface area contributed by atoms with Gasteiger partial charge in [-0.1, -0.05) is 32.6 Å². The van der Waals surface area contributed by atoms with Crippen LogP contribution >= 0.6 is 11.8 Å². The van der Waals surface area contributed by atoms with Gasteiger partial charge in [0.2, 0.25) is 5.43 Å². The number of carbonyl (C=O) groups excluding carboxylic acids is 1. The highest BCUT2D eigenvalue weighted by molar-refractivity contribution is 7.98. The fraction of sp³-hybridized carbons (Fsp3) is 0.391. The first-order valence-electron chi connectivity index (χ1n) is 9.88. The van der Waals surface area contributed by atoms with Gasteiger partial charge in [0.05, 0.1) is 34.9 Å². The summed E-state index contributed by atoms with van der Waals surface area (Å²) in [6, 6.07) is 8.39. The van der Waals surface area contributed by atoms with Crippen LogP contribution in [0, 0.1) is 0 Å². The van der Waals surface area contributed by atoms with Gasteiger partial charge in [-0.25, -0.2) is 4.79 Å². The second kappa shape index (κ2) is 9.83. The third kappa shape index (κ3) is 4.75. The van der Waals surface area contributed by atoms with E-state index in [0.717, 1.165) is 17.7 Å². The Labute approximate surface area is 174 Å². The number of fused-ring (bicyclic) bond motifs is 2. The Morgan fingerprint density at radius 2 is 1.86 bits per heavy atom. The van der Waals surface area contributed by atoms with Gasteiger partial charge in [0.1, 0.15) is 11.3 Å². The topological polar surface area (TPSA) is 65.7 Å². The molecule has 3 aromatic rings. The number of thioether (sulfide) groups is 1. The van der Waals surface area contributed by atoms with Crippen LogP contribution in [0.1, 0.15) is 49.4 Å². The average Bonchev–Trinajstić information content (AvgIpc) is 2.75. The van der Waals surface area contributed by atoms with Gasteiger partial charge < -0.3 is 13.9 Å². The lowest BCUT2D eigenvalue weighted by Gasteiger charge is -2.11. The minimum Gasteiger partial charge on any atom is -0.494 e. The molecule has 1 heterocycles. The molecule has 0 bridgehead atoms. The van der Waals surface area contributed by atoms with Gasteiger partial charge in [-0.05, 0) is 43.0 Å². The molecule has 2 aromatic carbocycles. The summed E-state index contributed by atoms with van der Waals surface area (Å²) in [5.74, 6) is 0.171. The zero-order valence-corrected chi connectivity index (χ0v) is 17.9. The molecule has 0 spiro atoms. The summed E-state index contributed by atoms with van der Waals surface area (Å²) in [5.41, 5.74) is 1.11. The van der Waals surface area contributed by atoms with Gasteiger partial charge >= 0.3 is 5.97 Å². The lowest BCUT2D eigenvalue weighted by atomic mass is 10.1. The van der Waals surface area contributed by atoms with Crippen molar-refractivity contribution in [2.75, 3.05) is 20.0 Å². The number of unbranched alkanes of at least 4 members (excludes halogenated alkanes) is 4. The molecule has 0 saturated carbocycles. The van der Waals surface area contributed by atoms with E-state index in [1.54, 1.807) is 18.2 Å². The fourth-order valence-electron chi connectivity index (χ4n) is 3.28. The number of hydrogen-bond acceptors (Lipinski definition) is 6. The minimum atomic E-state index is -0.489. The Morgan fingerprint density at radius 1 is 1.07 bits per heavy atom. The summed E-state index contributed by atoms with van der Waals surface area (Å²) >= 11 is 1.50. The second-order valence-electron chi connectivity index (χ2n) is 6.90. The zero-order chi connectivity index (χ0) is 20.8. The van der Waals surface area contributed by atoms with Crippen molar-refractivity contribution >= 4 is 39.7 Å². The molecule has 0 fully saturated rings. The van der Waals surface area contributed by atoms with E-state index in [4.69, 9.17) is 13.9 Å². The van der Waals surface area contributed by atoms with Crippen molar-refractivity contribution in [2.45, 2.75) is 43.9 Å². The van der Waals surface area contributed by atoms with E-state index in [-0.39, 0.29) is 5.43 Å². The molecule has 0 aliphatic carbocycles. The summed E-state index contributed by atoms with van der Waals surface area (Å²) in [6.45, 7) is 2.81. The van der Waals surface area contributed by atoms with Crippen molar-refractivity contribution in [3.05, 3.63) is 46.1 Å². The Hall–Kier alpha value is -2.47. The van der Waals surface area contributed by atoms with Crippen LogP contribution in [0.5, 0.6) is 5.75 Å². The Morgan fingerprint density at radius 3 is 2.59 bits per heavy atom. The van der Waals surface area contributed by atoms with Crippen molar-refractivity contribution in [3.8, 4) is 5.75 Å². The predicted octanol–water partition coefficient (Wildman–Crippen LogP) is 5.80. The summed E-state index contributed by atoms with van der Waals surface area (Å²) in [5, 5.41) is 0.802. The number of esters is 1. The summed E-state index contributed by atoms with van der Waals surface area (Å²) < 4.78 is 16.7. The van der Waals surface area contributed by atoms with E-state index in [0.29, 0.717) is 39.9 Å². The summed E-state index contributed by atoms with van der Waals surface area (Å²) in [6.07, 6.45) is 7.74. The van der Waals surface area contributed by atoms with Crippen LogP contribution in [-0.4, -0.2) is 25.9 Å². The van der Waals surface area contributed by atoms with E-state index < -0.39 is 5.97 Å². The predicted molar refractivity (Wildman–Crippen MR) is 117 cm³/mol. The lowest BCUT2D eigenvalue weighted by Crippen LogP contribution is -2.07. The molecule has 0 saturated heterocycles.